The first-order valence-electron chi connectivity index (χ1n) is 12.7. The number of aromatic nitrogens is 1. The Labute approximate surface area is 222 Å². The number of hydrogen-bond donors (Lipinski definition) is 0. The third-order valence-corrected chi connectivity index (χ3v) is 6.93. The van der Waals surface area contributed by atoms with Gasteiger partial charge >= 0.3 is 0 Å². The van der Waals surface area contributed by atoms with Gasteiger partial charge in [-0.3, -0.25) is 9.69 Å². The van der Waals surface area contributed by atoms with E-state index in [4.69, 9.17) is 23.9 Å². The highest BCUT2D eigenvalue weighted by Crippen LogP contribution is 2.39. The normalized spacial score (nSPS) is 13.9. The summed E-state index contributed by atoms with van der Waals surface area (Å²) in [5, 5.41) is 3.15. The van der Waals surface area contributed by atoms with E-state index in [-0.39, 0.29) is 5.91 Å². The lowest BCUT2D eigenvalue weighted by atomic mass is 10.1. The molecule has 198 valence electrons. The molecule has 0 bridgehead atoms. The summed E-state index contributed by atoms with van der Waals surface area (Å²) in [5.41, 5.74) is 2.55. The number of amides is 1. The van der Waals surface area contributed by atoms with Gasteiger partial charge in [-0.25, -0.2) is 4.98 Å². The van der Waals surface area contributed by atoms with Gasteiger partial charge in [-0.2, -0.15) is 0 Å². The van der Waals surface area contributed by atoms with Crippen LogP contribution in [0.2, 0.25) is 0 Å². The summed E-state index contributed by atoms with van der Waals surface area (Å²) >= 11 is 1.66. The van der Waals surface area contributed by atoms with Crippen molar-refractivity contribution in [1.29, 1.82) is 0 Å². The van der Waals surface area contributed by atoms with Crippen LogP contribution in [-0.4, -0.2) is 73.8 Å². The number of carbonyl (C=O) groups is 1. The minimum atomic E-state index is -0.0286. The molecule has 0 aliphatic carbocycles. The maximum Gasteiger partial charge on any atom is 0.254 e. The number of ether oxygens (including phenoxy) is 4. The van der Waals surface area contributed by atoms with Gasteiger partial charge in [-0.15, -0.1) is 11.3 Å². The number of hydrogen-bond acceptors (Lipinski definition) is 8. The Bertz CT molecular complexity index is 1160. The topological polar surface area (TPSA) is 73.4 Å². The van der Waals surface area contributed by atoms with Gasteiger partial charge in [0.05, 0.1) is 39.2 Å². The second-order valence-electron chi connectivity index (χ2n) is 8.53. The van der Waals surface area contributed by atoms with Crippen molar-refractivity contribution < 1.29 is 23.7 Å². The second kappa shape index (κ2) is 12.8. The summed E-state index contributed by atoms with van der Waals surface area (Å²) in [6.07, 6.45) is 0. The second-order valence-corrected chi connectivity index (χ2v) is 9.47. The summed E-state index contributed by atoms with van der Waals surface area (Å²) < 4.78 is 22.7. The van der Waals surface area contributed by atoms with Gasteiger partial charge in [0.2, 0.25) is 5.75 Å². The van der Waals surface area contributed by atoms with Crippen LogP contribution >= 0.6 is 11.3 Å². The third kappa shape index (κ3) is 6.53. The van der Waals surface area contributed by atoms with Crippen molar-refractivity contribution in [1.82, 2.24) is 14.8 Å². The predicted octanol–water partition coefficient (Wildman–Crippen LogP) is 4.97. The lowest BCUT2D eigenvalue weighted by Crippen LogP contribution is -2.48. The highest BCUT2D eigenvalue weighted by atomic mass is 32.1. The largest absolute Gasteiger partial charge is 0.497 e. The molecule has 1 fully saturated rings. The van der Waals surface area contributed by atoms with Gasteiger partial charge in [-0.05, 0) is 45.0 Å². The molecule has 0 unspecified atom stereocenters. The molecule has 0 radical (unpaired) electrons. The fourth-order valence-corrected chi connectivity index (χ4v) is 5.14. The van der Waals surface area contributed by atoms with Crippen molar-refractivity contribution in [3.8, 4) is 34.3 Å². The molecular weight excluding hydrogens is 490 g/mol. The maximum atomic E-state index is 13.4. The van der Waals surface area contributed by atoms with Crippen LogP contribution in [0, 0.1) is 0 Å². The van der Waals surface area contributed by atoms with E-state index in [1.165, 1.54) is 0 Å². The van der Waals surface area contributed by atoms with Crippen LogP contribution in [0.15, 0.2) is 41.8 Å². The Kier molecular flexibility index (Phi) is 9.24. The molecule has 1 amide bonds. The lowest BCUT2D eigenvalue weighted by molar-refractivity contribution is 0.0627. The molecule has 1 saturated heterocycles. The predicted molar refractivity (Wildman–Crippen MR) is 145 cm³/mol. The standard InChI is InChI=1S/C28H35N3O5S/c1-5-34-24-16-21(17-25(35-6-2)27(24)36-7-3)28(32)31-13-11-30(12-14-31)18-26-29-23(19-37-26)20-9-8-10-22(15-20)33-4/h8-10,15-17,19H,5-7,11-14,18H2,1-4H3. The van der Waals surface area contributed by atoms with E-state index in [1.807, 2.05) is 49.9 Å². The number of benzene rings is 2. The molecule has 3 aromatic rings. The minimum absolute atomic E-state index is 0.0286. The van der Waals surface area contributed by atoms with Crippen molar-refractivity contribution in [3.63, 3.8) is 0 Å². The Balaban J connectivity index is 1.40. The summed E-state index contributed by atoms with van der Waals surface area (Å²) in [5.74, 6) is 2.41. The Morgan fingerprint density at radius 1 is 0.946 bits per heavy atom. The number of thiazole rings is 1. The van der Waals surface area contributed by atoms with Crippen LogP contribution in [0.1, 0.15) is 36.1 Å². The number of piperazine rings is 1. The van der Waals surface area contributed by atoms with Crippen LogP contribution in [0.25, 0.3) is 11.3 Å². The van der Waals surface area contributed by atoms with Crippen LogP contribution in [0.4, 0.5) is 0 Å². The first-order valence-corrected chi connectivity index (χ1v) is 13.6. The first-order chi connectivity index (χ1) is 18.1. The molecule has 1 aromatic heterocycles. The first kappa shape index (κ1) is 26.8. The monoisotopic (exact) mass is 525 g/mol. The SMILES string of the molecule is CCOc1cc(C(=O)N2CCN(Cc3nc(-c4cccc(OC)c4)cs3)CC2)cc(OCC)c1OCC. The minimum Gasteiger partial charge on any atom is -0.497 e. The molecule has 9 heteroatoms. The van der Waals surface area contributed by atoms with Gasteiger partial charge in [0.25, 0.3) is 5.91 Å². The summed E-state index contributed by atoms with van der Waals surface area (Å²) in [6.45, 7) is 10.8. The lowest BCUT2D eigenvalue weighted by Gasteiger charge is -2.34. The maximum absolute atomic E-state index is 13.4. The highest BCUT2D eigenvalue weighted by molar-refractivity contribution is 7.09. The molecule has 0 spiro atoms. The average Bonchev–Trinajstić information content (AvgIpc) is 3.39. The van der Waals surface area contributed by atoms with E-state index < -0.39 is 0 Å². The Morgan fingerprint density at radius 2 is 1.62 bits per heavy atom. The number of rotatable bonds is 11. The molecule has 2 aromatic carbocycles. The average molecular weight is 526 g/mol. The van der Waals surface area contributed by atoms with Gasteiger partial charge in [0.1, 0.15) is 10.8 Å². The Morgan fingerprint density at radius 3 is 2.24 bits per heavy atom. The van der Waals surface area contributed by atoms with Gasteiger partial charge in [0, 0.05) is 42.7 Å². The van der Waals surface area contributed by atoms with Gasteiger partial charge in [0.15, 0.2) is 11.5 Å². The van der Waals surface area contributed by atoms with E-state index in [0.717, 1.165) is 41.6 Å². The summed E-state index contributed by atoms with van der Waals surface area (Å²) in [4.78, 5) is 22.5. The molecule has 2 heterocycles. The molecule has 0 N–H and O–H groups in total. The summed E-state index contributed by atoms with van der Waals surface area (Å²) in [6, 6.07) is 11.5. The van der Waals surface area contributed by atoms with Crippen molar-refractivity contribution in [3.05, 3.63) is 52.3 Å². The molecular formula is C28H35N3O5S. The fraction of sp³-hybridized carbons (Fsp3) is 0.429. The van der Waals surface area contributed by atoms with Crippen molar-refractivity contribution in [2.75, 3.05) is 53.1 Å². The molecule has 37 heavy (non-hydrogen) atoms. The van der Waals surface area contributed by atoms with Crippen LogP contribution in [0.3, 0.4) is 0 Å². The van der Waals surface area contributed by atoms with Crippen LogP contribution in [-0.2, 0) is 6.54 Å². The van der Waals surface area contributed by atoms with Crippen molar-refractivity contribution in [2.24, 2.45) is 0 Å². The van der Waals surface area contributed by atoms with Crippen LogP contribution in [0.5, 0.6) is 23.0 Å². The zero-order valence-corrected chi connectivity index (χ0v) is 22.8. The molecule has 8 nitrogen and oxygen atoms in total. The zero-order valence-electron chi connectivity index (χ0n) is 22.0. The Hall–Kier alpha value is -3.30. The van der Waals surface area contributed by atoms with Crippen molar-refractivity contribution in [2.45, 2.75) is 27.3 Å². The molecule has 0 saturated carbocycles. The van der Waals surface area contributed by atoms with Crippen molar-refractivity contribution >= 4 is 17.2 Å². The molecule has 1 aliphatic rings. The van der Waals surface area contributed by atoms with E-state index in [1.54, 1.807) is 30.6 Å². The number of methoxy groups -OCH3 is 1. The summed E-state index contributed by atoms with van der Waals surface area (Å²) in [7, 11) is 1.67. The molecule has 1 aliphatic heterocycles. The number of carbonyl (C=O) groups excluding carboxylic acids is 1. The smallest absolute Gasteiger partial charge is 0.254 e. The van der Waals surface area contributed by atoms with E-state index in [9.17, 15) is 4.79 Å². The van der Waals surface area contributed by atoms with E-state index in [2.05, 4.69) is 10.3 Å². The molecule has 4 rings (SSSR count). The van der Waals surface area contributed by atoms with E-state index in [0.29, 0.717) is 55.7 Å². The highest BCUT2D eigenvalue weighted by Gasteiger charge is 2.25. The number of nitrogens with zero attached hydrogens (tertiary/aromatic N) is 3. The molecule has 0 atom stereocenters. The quantitative estimate of drug-likeness (QED) is 0.350. The fourth-order valence-electron chi connectivity index (χ4n) is 4.29. The van der Waals surface area contributed by atoms with Gasteiger partial charge < -0.3 is 23.8 Å². The van der Waals surface area contributed by atoms with Gasteiger partial charge in [-0.1, -0.05) is 12.1 Å². The zero-order chi connectivity index (χ0) is 26.2. The third-order valence-electron chi connectivity index (χ3n) is 6.09. The van der Waals surface area contributed by atoms with E-state index >= 15 is 0 Å². The van der Waals surface area contributed by atoms with Crippen LogP contribution < -0.4 is 18.9 Å².